The number of ketones is 1. The molecular weight excluding hydrogens is 312 g/mol. The van der Waals surface area contributed by atoms with Gasteiger partial charge in [0.05, 0.1) is 7.11 Å². The van der Waals surface area contributed by atoms with Gasteiger partial charge < -0.3 is 13.9 Å². The number of esters is 1. The van der Waals surface area contributed by atoms with E-state index in [9.17, 15) is 14.4 Å². The molecule has 6 heteroatoms. The Bertz CT molecular complexity index is 790. The van der Waals surface area contributed by atoms with Crippen molar-refractivity contribution in [2.45, 2.75) is 26.9 Å². The topological polar surface area (TPSA) is 82.8 Å². The van der Waals surface area contributed by atoms with Crippen LogP contribution in [0.25, 0.3) is 0 Å². The minimum absolute atomic E-state index is 0.156. The second kappa shape index (κ2) is 7.12. The maximum absolute atomic E-state index is 12.3. The van der Waals surface area contributed by atoms with Crippen LogP contribution in [0.4, 0.5) is 0 Å². The fourth-order valence-electron chi connectivity index (χ4n) is 2.33. The molecule has 1 heterocycles. The number of methoxy groups -OCH3 is 1. The Morgan fingerprint density at radius 2 is 1.75 bits per heavy atom. The molecule has 0 radical (unpaired) electrons. The van der Waals surface area contributed by atoms with E-state index in [1.807, 2.05) is 0 Å². The number of aryl methyl sites for hydroxylation is 2. The number of ether oxygens (including phenoxy) is 2. The largest absolute Gasteiger partial charge is 0.497 e. The Kier molecular flexibility index (Phi) is 5.18. The van der Waals surface area contributed by atoms with Crippen LogP contribution >= 0.6 is 0 Å². The third kappa shape index (κ3) is 3.71. The average molecular weight is 330 g/mol. The zero-order chi connectivity index (χ0) is 17.9. The second-order valence-electron chi connectivity index (χ2n) is 5.32. The molecule has 6 nitrogen and oxygen atoms in total. The van der Waals surface area contributed by atoms with Gasteiger partial charge in [-0.3, -0.25) is 4.79 Å². The predicted molar refractivity (Wildman–Crippen MR) is 86.7 cm³/mol. The van der Waals surface area contributed by atoms with Crippen molar-refractivity contribution < 1.29 is 23.5 Å². The van der Waals surface area contributed by atoms with Crippen LogP contribution in [0.3, 0.4) is 0 Å². The molecule has 0 amide bonds. The lowest BCUT2D eigenvalue weighted by molar-refractivity contribution is 0.0314. The Balaban J connectivity index is 2.16. The Hall–Kier alpha value is -2.89. The van der Waals surface area contributed by atoms with E-state index < -0.39 is 17.7 Å². The van der Waals surface area contributed by atoms with Gasteiger partial charge in [-0.1, -0.05) is 0 Å². The van der Waals surface area contributed by atoms with Gasteiger partial charge in [-0.25, -0.2) is 9.59 Å². The van der Waals surface area contributed by atoms with Crippen molar-refractivity contribution in [3.63, 3.8) is 0 Å². The first-order valence-electron chi connectivity index (χ1n) is 7.34. The molecule has 0 bridgehead atoms. The summed E-state index contributed by atoms with van der Waals surface area (Å²) in [6.45, 7) is 4.60. The van der Waals surface area contributed by atoms with Gasteiger partial charge >= 0.3 is 11.6 Å². The Morgan fingerprint density at radius 1 is 1.12 bits per heavy atom. The highest BCUT2D eigenvalue weighted by atomic mass is 16.5. The number of carbonyl (C=O) groups excluding carboxylic acids is 2. The van der Waals surface area contributed by atoms with Gasteiger partial charge in [0.25, 0.3) is 0 Å². The fraction of sp³-hybridized carbons (Fsp3) is 0.278. The first kappa shape index (κ1) is 17.5. The van der Waals surface area contributed by atoms with E-state index in [-0.39, 0.29) is 17.1 Å². The van der Waals surface area contributed by atoms with Gasteiger partial charge in [0.15, 0.2) is 6.10 Å². The van der Waals surface area contributed by atoms with Gasteiger partial charge in [-0.05, 0) is 50.6 Å². The minimum Gasteiger partial charge on any atom is -0.497 e. The predicted octanol–water partition coefficient (Wildman–Crippen LogP) is 2.69. The molecule has 0 aliphatic rings. The van der Waals surface area contributed by atoms with Crippen LogP contribution in [0.1, 0.15) is 39.0 Å². The summed E-state index contributed by atoms with van der Waals surface area (Å²) < 4.78 is 15.2. The van der Waals surface area contributed by atoms with Crippen molar-refractivity contribution in [3.8, 4) is 5.75 Å². The molecule has 0 saturated carbocycles. The van der Waals surface area contributed by atoms with Crippen molar-refractivity contribution >= 4 is 11.8 Å². The van der Waals surface area contributed by atoms with Gasteiger partial charge in [0.1, 0.15) is 17.1 Å². The molecule has 0 spiro atoms. The van der Waals surface area contributed by atoms with Crippen molar-refractivity contribution in [2.24, 2.45) is 0 Å². The lowest BCUT2D eigenvalue weighted by atomic mass is 10.1. The smallest absolute Gasteiger partial charge is 0.342 e. The minimum atomic E-state index is -0.975. The van der Waals surface area contributed by atoms with E-state index >= 15 is 0 Å². The summed E-state index contributed by atoms with van der Waals surface area (Å²) in [5.74, 6) is -0.252. The summed E-state index contributed by atoms with van der Waals surface area (Å²) in [5.41, 5.74) is 0.467. The van der Waals surface area contributed by atoms with E-state index in [2.05, 4.69) is 0 Å². The molecule has 0 saturated heterocycles. The molecule has 0 aliphatic carbocycles. The van der Waals surface area contributed by atoms with Gasteiger partial charge in [0, 0.05) is 11.6 Å². The van der Waals surface area contributed by atoms with E-state index in [4.69, 9.17) is 13.9 Å². The number of rotatable bonds is 5. The number of carbonyl (C=O) groups is 2. The summed E-state index contributed by atoms with van der Waals surface area (Å²) in [6.07, 6.45) is -0.975. The number of benzene rings is 1. The highest BCUT2D eigenvalue weighted by Crippen LogP contribution is 2.17. The third-order valence-corrected chi connectivity index (χ3v) is 3.57. The van der Waals surface area contributed by atoms with Crippen LogP contribution < -0.4 is 10.4 Å². The maximum Gasteiger partial charge on any atom is 0.342 e. The molecule has 0 unspecified atom stereocenters. The van der Waals surface area contributed by atoms with Crippen LogP contribution in [-0.4, -0.2) is 25.0 Å². The first-order valence-corrected chi connectivity index (χ1v) is 7.34. The molecule has 24 heavy (non-hydrogen) atoms. The summed E-state index contributed by atoms with van der Waals surface area (Å²) in [7, 11) is 1.53. The molecule has 1 aromatic heterocycles. The molecule has 0 N–H and O–H groups in total. The monoisotopic (exact) mass is 330 g/mol. The van der Waals surface area contributed by atoms with Crippen LogP contribution in [0, 0.1) is 13.8 Å². The summed E-state index contributed by atoms with van der Waals surface area (Å²) in [5, 5.41) is 0. The van der Waals surface area contributed by atoms with Gasteiger partial charge in [0.2, 0.25) is 5.78 Å². The quantitative estimate of drug-likeness (QED) is 0.619. The molecule has 0 fully saturated rings. The van der Waals surface area contributed by atoms with Gasteiger partial charge in [-0.2, -0.15) is 0 Å². The molecule has 2 aromatic rings. The maximum atomic E-state index is 12.3. The van der Waals surface area contributed by atoms with Crippen molar-refractivity contribution in [1.82, 2.24) is 0 Å². The van der Waals surface area contributed by atoms with E-state index in [0.29, 0.717) is 16.9 Å². The first-order chi connectivity index (χ1) is 11.3. The second-order valence-corrected chi connectivity index (χ2v) is 5.32. The van der Waals surface area contributed by atoms with Crippen molar-refractivity contribution in [3.05, 3.63) is 63.2 Å². The molecule has 2 rings (SSSR count). The van der Waals surface area contributed by atoms with Crippen LogP contribution in [0.5, 0.6) is 5.75 Å². The number of Topliss-reactive ketones (excluding diaryl/α,β-unsaturated/α-hetero) is 1. The molecule has 0 aliphatic heterocycles. The normalized spacial score (nSPS) is 11.7. The molecule has 1 aromatic carbocycles. The van der Waals surface area contributed by atoms with Crippen LogP contribution in [0.2, 0.25) is 0 Å². The Morgan fingerprint density at radius 3 is 2.29 bits per heavy atom. The fourth-order valence-corrected chi connectivity index (χ4v) is 2.33. The average Bonchev–Trinajstić information content (AvgIpc) is 2.53. The number of hydrogen-bond donors (Lipinski definition) is 0. The lowest BCUT2D eigenvalue weighted by Gasteiger charge is -2.14. The summed E-state index contributed by atoms with van der Waals surface area (Å²) >= 11 is 0. The highest BCUT2D eigenvalue weighted by molar-refractivity contribution is 6.01. The zero-order valence-electron chi connectivity index (χ0n) is 13.9. The Labute approximate surface area is 139 Å². The highest BCUT2D eigenvalue weighted by Gasteiger charge is 2.23. The summed E-state index contributed by atoms with van der Waals surface area (Å²) in [6, 6.07) is 7.72. The third-order valence-electron chi connectivity index (χ3n) is 3.57. The standard InChI is InChI=1S/C18H18O6/c1-10-9-15(19)23-11(2)16(10)18(21)24-12(3)17(20)13-5-7-14(22-4)8-6-13/h5-9,12H,1-4H3/t12-/m1/s1. The van der Waals surface area contributed by atoms with Crippen molar-refractivity contribution in [2.75, 3.05) is 7.11 Å². The SMILES string of the molecule is COc1ccc(C(=O)[C@@H](C)OC(=O)c2c(C)cc(=O)oc2C)cc1. The van der Waals surface area contributed by atoms with E-state index in [1.165, 1.54) is 27.0 Å². The van der Waals surface area contributed by atoms with Gasteiger partial charge in [-0.15, -0.1) is 0 Å². The van der Waals surface area contributed by atoms with Crippen LogP contribution in [0.15, 0.2) is 39.5 Å². The number of hydrogen-bond acceptors (Lipinski definition) is 6. The molecule has 126 valence electrons. The van der Waals surface area contributed by atoms with E-state index in [1.54, 1.807) is 31.2 Å². The molecular formula is C18H18O6. The van der Waals surface area contributed by atoms with E-state index in [0.717, 1.165) is 0 Å². The van der Waals surface area contributed by atoms with Crippen molar-refractivity contribution in [1.29, 1.82) is 0 Å². The van der Waals surface area contributed by atoms with Crippen LogP contribution in [-0.2, 0) is 4.74 Å². The lowest BCUT2D eigenvalue weighted by Crippen LogP contribution is -2.25. The zero-order valence-corrected chi connectivity index (χ0v) is 13.9. The summed E-state index contributed by atoms with van der Waals surface area (Å²) in [4.78, 5) is 35.9. The molecule has 1 atom stereocenters.